The highest BCUT2D eigenvalue weighted by atomic mass is 35.5. The molecule has 0 aromatic heterocycles. The lowest BCUT2D eigenvalue weighted by atomic mass is 10.1. The fraction of sp³-hybridized carbons (Fsp3) is 0.278. The molecular formula is C18H20ClNO3. The molecule has 2 rings (SSSR count). The minimum Gasteiger partial charge on any atom is -0.508 e. The van der Waals surface area contributed by atoms with Crippen molar-refractivity contribution in [2.45, 2.75) is 20.0 Å². The van der Waals surface area contributed by atoms with Crippen LogP contribution in [-0.2, 0) is 4.79 Å². The van der Waals surface area contributed by atoms with E-state index in [4.69, 9.17) is 16.3 Å². The fourth-order valence-electron chi connectivity index (χ4n) is 2.20. The summed E-state index contributed by atoms with van der Waals surface area (Å²) in [6.45, 7) is 4.24. The Kier molecular flexibility index (Phi) is 5.50. The van der Waals surface area contributed by atoms with Gasteiger partial charge in [-0.2, -0.15) is 0 Å². The van der Waals surface area contributed by atoms with Gasteiger partial charge in [-0.1, -0.05) is 23.7 Å². The molecule has 2 aromatic rings. The summed E-state index contributed by atoms with van der Waals surface area (Å²) in [5, 5.41) is 10.1. The van der Waals surface area contributed by atoms with Crippen LogP contribution in [0.5, 0.6) is 11.5 Å². The Hall–Kier alpha value is -2.20. The molecule has 0 fully saturated rings. The zero-order valence-corrected chi connectivity index (χ0v) is 14.2. The number of likely N-dealkylation sites (N-methyl/N-ethyl adjacent to an activating group) is 1. The molecule has 0 aliphatic rings. The van der Waals surface area contributed by atoms with E-state index in [2.05, 4.69) is 0 Å². The molecule has 2 aromatic carbocycles. The lowest BCUT2D eigenvalue weighted by Crippen LogP contribution is -2.37. The lowest BCUT2D eigenvalue weighted by molar-refractivity contribution is -0.136. The second kappa shape index (κ2) is 7.38. The van der Waals surface area contributed by atoms with E-state index in [1.165, 1.54) is 0 Å². The summed E-state index contributed by atoms with van der Waals surface area (Å²) in [6, 6.07) is 12.1. The molecule has 0 radical (unpaired) electrons. The van der Waals surface area contributed by atoms with E-state index in [0.29, 0.717) is 17.3 Å². The first kappa shape index (κ1) is 17.2. The third-order valence-electron chi connectivity index (χ3n) is 3.56. The Bertz CT molecular complexity index is 702. The monoisotopic (exact) mass is 333 g/mol. The number of ether oxygens (including phenoxy) is 1. The third-order valence-corrected chi connectivity index (χ3v) is 3.78. The predicted molar refractivity (Wildman–Crippen MR) is 92.0 cm³/mol. The van der Waals surface area contributed by atoms with Gasteiger partial charge in [0.15, 0.2) is 6.10 Å². The van der Waals surface area contributed by atoms with Gasteiger partial charge in [-0.3, -0.25) is 4.79 Å². The van der Waals surface area contributed by atoms with Gasteiger partial charge in [0.2, 0.25) is 0 Å². The largest absolute Gasteiger partial charge is 0.508 e. The SMILES string of the molecule is CCN(C)C(=O)C(C)Oc1cc(Cl)cc(-c2cccc(O)c2)c1. The smallest absolute Gasteiger partial charge is 0.263 e. The van der Waals surface area contributed by atoms with E-state index >= 15 is 0 Å². The first-order valence-electron chi connectivity index (χ1n) is 7.42. The number of carbonyl (C=O) groups excluding carboxylic acids is 1. The van der Waals surface area contributed by atoms with Gasteiger partial charge in [-0.05, 0) is 55.3 Å². The van der Waals surface area contributed by atoms with Gasteiger partial charge in [0.05, 0.1) is 0 Å². The van der Waals surface area contributed by atoms with Gasteiger partial charge in [-0.25, -0.2) is 0 Å². The van der Waals surface area contributed by atoms with Crippen molar-refractivity contribution in [3.8, 4) is 22.6 Å². The second-order valence-electron chi connectivity index (χ2n) is 5.34. The van der Waals surface area contributed by atoms with Crippen molar-refractivity contribution >= 4 is 17.5 Å². The average molecular weight is 334 g/mol. The lowest BCUT2D eigenvalue weighted by Gasteiger charge is -2.21. The van der Waals surface area contributed by atoms with Crippen LogP contribution in [0, 0.1) is 0 Å². The maximum absolute atomic E-state index is 12.1. The Morgan fingerprint density at radius 3 is 2.65 bits per heavy atom. The summed E-state index contributed by atoms with van der Waals surface area (Å²) < 4.78 is 5.73. The molecule has 0 saturated carbocycles. The van der Waals surface area contributed by atoms with Crippen LogP contribution in [0.2, 0.25) is 5.02 Å². The number of phenols is 1. The highest BCUT2D eigenvalue weighted by Gasteiger charge is 2.18. The number of rotatable bonds is 5. The number of nitrogens with zero attached hydrogens (tertiary/aromatic N) is 1. The van der Waals surface area contributed by atoms with Gasteiger partial charge in [0.25, 0.3) is 5.91 Å². The molecule has 0 saturated heterocycles. The topological polar surface area (TPSA) is 49.8 Å². The highest BCUT2D eigenvalue weighted by molar-refractivity contribution is 6.31. The summed E-state index contributed by atoms with van der Waals surface area (Å²) in [5.41, 5.74) is 1.63. The Morgan fingerprint density at radius 1 is 1.26 bits per heavy atom. The Balaban J connectivity index is 2.26. The molecule has 0 heterocycles. The number of hydrogen-bond acceptors (Lipinski definition) is 3. The molecule has 1 atom stereocenters. The fourth-order valence-corrected chi connectivity index (χ4v) is 2.43. The minimum absolute atomic E-state index is 0.0913. The number of amides is 1. The molecule has 0 aliphatic heterocycles. The average Bonchev–Trinajstić information content (AvgIpc) is 2.52. The normalized spacial score (nSPS) is 11.8. The Labute approximate surface area is 141 Å². The van der Waals surface area contributed by atoms with Gasteiger partial charge < -0.3 is 14.7 Å². The van der Waals surface area contributed by atoms with Gasteiger partial charge >= 0.3 is 0 Å². The molecule has 1 N–H and O–H groups in total. The quantitative estimate of drug-likeness (QED) is 0.901. The van der Waals surface area contributed by atoms with Crippen molar-refractivity contribution in [3.05, 3.63) is 47.5 Å². The third kappa shape index (κ3) is 4.39. The van der Waals surface area contributed by atoms with Crippen molar-refractivity contribution in [2.75, 3.05) is 13.6 Å². The van der Waals surface area contributed by atoms with E-state index in [-0.39, 0.29) is 11.7 Å². The van der Waals surface area contributed by atoms with Crippen molar-refractivity contribution in [3.63, 3.8) is 0 Å². The van der Waals surface area contributed by atoms with Crippen molar-refractivity contribution < 1.29 is 14.6 Å². The first-order chi connectivity index (χ1) is 10.9. The molecule has 5 heteroatoms. The summed E-state index contributed by atoms with van der Waals surface area (Å²) in [7, 11) is 1.73. The van der Waals surface area contributed by atoms with Crippen LogP contribution in [0.1, 0.15) is 13.8 Å². The zero-order chi connectivity index (χ0) is 17.0. The number of hydrogen-bond donors (Lipinski definition) is 1. The molecule has 122 valence electrons. The minimum atomic E-state index is -0.601. The maximum atomic E-state index is 12.1. The summed E-state index contributed by atoms with van der Waals surface area (Å²) in [5.74, 6) is 0.602. The molecular weight excluding hydrogens is 314 g/mol. The Morgan fingerprint density at radius 2 is 2.00 bits per heavy atom. The summed E-state index contributed by atoms with van der Waals surface area (Å²) in [6.07, 6.45) is -0.601. The molecule has 23 heavy (non-hydrogen) atoms. The van der Waals surface area contributed by atoms with Crippen LogP contribution >= 0.6 is 11.6 Å². The van der Waals surface area contributed by atoms with Gasteiger partial charge in [-0.15, -0.1) is 0 Å². The van der Waals surface area contributed by atoms with Crippen LogP contribution in [0.25, 0.3) is 11.1 Å². The first-order valence-corrected chi connectivity index (χ1v) is 7.80. The summed E-state index contributed by atoms with van der Waals surface area (Å²) >= 11 is 6.15. The number of benzene rings is 2. The van der Waals surface area contributed by atoms with Crippen LogP contribution in [-0.4, -0.2) is 35.6 Å². The number of aromatic hydroxyl groups is 1. The molecule has 0 bridgehead atoms. The molecule has 0 spiro atoms. The van der Waals surface area contributed by atoms with Crippen LogP contribution in [0.4, 0.5) is 0 Å². The van der Waals surface area contributed by atoms with Crippen LogP contribution in [0.3, 0.4) is 0 Å². The zero-order valence-electron chi connectivity index (χ0n) is 13.4. The molecule has 0 aliphatic carbocycles. The standard InChI is InChI=1S/C18H20ClNO3/c1-4-20(3)18(22)12(2)23-17-10-14(8-15(19)11-17)13-6-5-7-16(21)9-13/h5-12,21H,4H2,1-3H3. The van der Waals surface area contributed by atoms with Gasteiger partial charge in [0.1, 0.15) is 11.5 Å². The van der Waals surface area contributed by atoms with E-state index in [9.17, 15) is 9.90 Å². The van der Waals surface area contributed by atoms with Crippen molar-refractivity contribution in [1.82, 2.24) is 4.90 Å². The van der Waals surface area contributed by atoms with Crippen molar-refractivity contribution in [1.29, 1.82) is 0 Å². The summed E-state index contributed by atoms with van der Waals surface area (Å²) in [4.78, 5) is 13.7. The van der Waals surface area contributed by atoms with Crippen molar-refractivity contribution in [2.24, 2.45) is 0 Å². The predicted octanol–water partition coefficient (Wildman–Crippen LogP) is 3.96. The van der Waals surface area contributed by atoms with E-state index in [0.717, 1.165) is 11.1 Å². The molecule has 1 unspecified atom stereocenters. The number of halogens is 1. The van der Waals surface area contributed by atoms with Crippen LogP contribution in [0.15, 0.2) is 42.5 Å². The van der Waals surface area contributed by atoms with Gasteiger partial charge in [0, 0.05) is 18.6 Å². The second-order valence-corrected chi connectivity index (χ2v) is 5.77. The van der Waals surface area contributed by atoms with Crippen LogP contribution < -0.4 is 4.74 Å². The number of phenolic OH excluding ortho intramolecular Hbond substituents is 1. The molecule has 4 nitrogen and oxygen atoms in total. The number of carbonyl (C=O) groups is 1. The maximum Gasteiger partial charge on any atom is 0.263 e. The van der Waals surface area contributed by atoms with E-state index < -0.39 is 6.10 Å². The van der Waals surface area contributed by atoms with E-state index in [1.54, 1.807) is 55.3 Å². The molecule has 1 amide bonds. The van der Waals surface area contributed by atoms with E-state index in [1.807, 2.05) is 13.0 Å². The highest BCUT2D eigenvalue weighted by Crippen LogP contribution is 2.30.